The lowest BCUT2D eigenvalue weighted by molar-refractivity contribution is -0.0667. The predicted molar refractivity (Wildman–Crippen MR) is 97.2 cm³/mol. The minimum Gasteiger partial charge on any atom is -0.497 e. The van der Waals surface area contributed by atoms with Gasteiger partial charge in [-0.15, -0.1) is 0 Å². The van der Waals surface area contributed by atoms with E-state index in [9.17, 15) is 0 Å². The third-order valence-electron chi connectivity index (χ3n) is 5.41. The van der Waals surface area contributed by atoms with Gasteiger partial charge in [0, 0.05) is 31.1 Å². The fourth-order valence-electron chi connectivity index (χ4n) is 3.02. The number of hydrogen-bond acceptors (Lipinski definition) is 2. The van der Waals surface area contributed by atoms with Crippen molar-refractivity contribution in [3.8, 4) is 5.75 Å². The molecule has 0 saturated carbocycles. The summed E-state index contributed by atoms with van der Waals surface area (Å²) in [5, 5.41) is 3.51. The molecule has 1 N–H and O–H groups in total. The van der Waals surface area contributed by atoms with Gasteiger partial charge in [0.15, 0.2) is 5.96 Å². The lowest BCUT2D eigenvalue weighted by Crippen LogP contribution is -2.72. The number of rotatable bonds is 5. The number of benzene rings is 1. The molecule has 1 aliphatic rings. The highest BCUT2D eigenvalue weighted by molar-refractivity contribution is 5.81. The van der Waals surface area contributed by atoms with Gasteiger partial charge in [-0.25, -0.2) is 0 Å². The summed E-state index contributed by atoms with van der Waals surface area (Å²) < 4.78 is 5.27. The molecule has 0 atom stereocenters. The molecule has 0 bridgehead atoms. The van der Waals surface area contributed by atoms with Crippen molar-refractivity contribution in [1.29, 1.82) is 0 Å². The lowest BCUT2D eigenvalue weighted by atomic mass is 9.65. The van der Waals surface area contributed by atoms with Crippen LogP contribution in [0.1, 0.15) is 39.7 Å². The summed E-state index contributed by atoms with van der Waals surface area (Å²) in [6, 6.07) is 8.29. The summed E-state index contributed by atoms with van der Waals surface area (Å²) in [6.45, 7) is 11.2. The second-order valence-corrected chi connectivity index (χ2v) is 7.46. The van der Waals surface area contributed by atoms with E-state index in [1.54, 1.807) is 7.11 Å². The Bertz CT molecular complexity index is 563. The Morgan fingerprint density at radius 1 is 1.30 bits per heavy atom. The number of nitrogens with one attached hydrogen (secondary N) is 1. The quantitative estimate of drug-likeness (QED) is 0.514. The molecular formula is C19H31N3O. The van der Waals surface area contributed by atoms with Crippen molar-refractivity contribution in [2.24, 2.45) is 10.4 Å². The van der Waals surface area contributed by atoms with Crippen LogP contribution in [0.4, 0.5) is 0 Å². The number of aryl methyl sites for hydroxylation is 1. The molecule has 1 saturated heterocycles. The Hall–Kier alpha value is -1.71. The normalized spacial score (nSPS) is 19.2. The zero-order chi connectivity index (χ0) is 17.1. The zero-order valence-electron chi connectivity index (χ0n) is 15.4. The molecule has 4 nitrogen and oxygen atoms in total. The van der Waals surface area contributed by atoms with Gasteiger partial charge >= 0.3 is 0 Å². The standard InChI is InChI=1S/C19H31N3O/c1-18(2)14-22(19(18,3)4)17(20-5)21-12-8-10-15-9-7-11-16(13-15)23-6/h7,9,11,13H,8,10,12,14H2,1-6H3,(H,20,21). The minimum absolute atomic E-state index is 0.141. The van der Waals surface area contributed by atoms with E-state index in [1.807, 2.05) is 19.2 Å². The highest BCUT2D eigenvalue weighted by atomic mass is 16.5. The first kappa shape index (κ1) is 17.6. The van der Waals surface area contributed by atoms with Gasteiger partial charge in [-0.3, -0.25) is 4.99 Å². The topological polar surface area (TPSA) is 36.9 Å². The molecule has 1 heterocycles. The molecule has 128 valence electrons. The Labute approximate surface area is 140 Å². The van der Waals surface area contributed by atoms with Crippen molar-refractivity contribution in [3.05, 3.63) is 29.8 Å². The minimum atomic E-state index is 0.141. The molecule has 0 aliphatic carbocycles. The van der Waals surface area contributed by atoms with E-state index in [0.29, 0.717) is 5.41 Å². The fourth-order valence-corrected chi connectivity index (χ4v) is 3.02. The zero-order valence-corrected chi connectivity index (χ0v) is 15.4. The first-order chi connectivity index (χ1) is 10.8. The predicted octanol–water partition coefficient (Wildman–Crippen LogP) is 3.32. The molecule has 1 fully saturated rings. The van der Waals surface area contributed by atoms with Gasteiger partial charge in [0.05, 0.1) is 7.11 Å². The summed E-state index contributed by atoms with van der Waals surface area (Å²) in [5.74, 6) is 1.94. The second kappa shape index (κ2) is 6.81. The molecule has 1 aliphatic heterocycles. The molecular weight excluding hydrogens is 286 g/mol. The highest BCUT2D eigenvalue weighted by Crippen LogP contribution is 2.46. The smallest absolute Gasteiger partial charge is 0.194 e. The van der Waals surface area contributed by atoms with Crippen LogP contribution < -0.4 is 10.1 Å². The first-order valence-electron chi connectivity index (χ1n) is 8.43. The van der Waals surface area contributed by atoms with E-state index in [2.05, 4.69) is 55.0 Å². The first-order valence-corrected chi connectivity index (χ1v) is 8.43. The molecule has 1 aromatic carbocycles. The molecule has 0 aromatic heterocycles. The average molecular weight is 317 g/mol. The summed E-state index contributed by atoms with van der Waals surface area (Å²) in [6.07, 6.45) is 2.11. The van der Waals surface area contributed by atoms with E-state index < -0.39 is 0 Å². The van der Waals surface area contributed by atoms with Crippen LogP contribution in [0.25, 0.3) is 0 Å². The van der Waals surface area contributed by atoms with Gasteiger partial charge in [-0.1, -0.05) is 26.0 Å². The van der Waals surface area contributed by atoms with Crippen LogP contribution in [0, 0.1) is 5.41 Å². The molecule has 2 rings (SSSR count). The van der Waals surface area contributed by atoms with Crippen molar-refractivity contribution >= 4 is 5.96 Å². The molecule has 1 aromatic rings. The SMILES string of the molecule is CN=C(NCCCc1cccc(OC)c1)N1CC(C)(C)C1(C)C. The van der Waals surface area contributed by atoms with Crippen molar-refractivity contribution in [1.82, 2.24) is 10.2 Å². The van der Waals surface area contributed by atoms with E-state index in [-0.39, 0.29) is 5.54 Å². The van der Waals surface area contributed by atoms with E-state index in [0.717, 1.165) is 37.6 Å². The number of likely N-dealkylation sites (tertiary alicyclic amines) is 1. The molecule has 0 radical (unpaired) electrons. The summed E-state index contributed by atoms with van der Waals surface area (Å²) in [5.41, 5.74) is 1.78. The Morgan fingerprint density at radius 3 is 2.61 bits per heavy atom. The Morgan fingerprint density at radius 2 is 2.04 bits per heavy atom. The molecule has 0 spiro atoms. The summed E-state index contributed by atoms with van der Waals surface area (Å²) >= 11 is 0. The monoisotopic (exact) mass is 317 g/mol. The van der Waals surface area contributed by atoms with Crippen LogP contribution in [0.3, 0.4) is 0 Å². The van der Waals surface area contributed by atoms with Crippen LogP contribution >= 0.6 is 0 Å². The van der Waals surface area contributed by atoms with Gasteiger partial charge in [0.2, 0.25) is 0 Å². The van der Waals surface area contributed by atoms with Crippen molar-refractivity contribution in [2.75, 3.05) is 27.2 Å². The maximum Gasteiger partial charge on any atom is 0.194 e. The maximum absolute atomic E-state index is 5.27. The van der Waals surface area contributed by atoms with Crippen LogP contribution in [-0.2, 0) is 6.42 Å². The highest BCUT2D eigenvalue weighted by Gasteiger charge is 2.53. The third kappa shape index (κ3) is 3.62. The number of ether oxygens (including phenoxy) is 1. The van der Waals surface area contributed by atoms with Crippen LogP contribution in [0.5, 0.6) is 5.75 Å². The van der Waals surface area contributed by atoms with Crippen molar-refractivity contribution in [2.45, 2.75) is 46.1 Å². The summed E-state index contributed by atoms with van der Waals surface area (Å²) in [4.78, 5) is 6.83. The van der Waals surface area contributed by atoms with E-state index in [1.165, 1.54) is 5.56 Å². The molecule has 0 unspecified atom stereocenters. The van der Waals surface area contributed by atoms with E-state index >= 15 is 0 Å². The fraction of sp³-hybridized carbons (Fsp3) is 0.632. The van der Waals surface area contributed by atoms with Gasteiger partial charge < -0.3 is 15.0 Å². The largest absolute Gasteiger partial charge is 0.497 e. The second-order valence-electron chi connectivity index (χ2n) is 7.46. The van der Waals surface area contributed by atoms with Crippen LogP contribution in [-0.4, -0.2) is 43.6 Å². The number of methoxy groups -OCH3 is 1. The number of nitrogens with zero attached hydrogens (tertiary/aromatic N) is 2. The maximum atomic E-state index is 5.27. The van der Waals surface area contributed by atoms with Gasteiger partial charge in [-0.2, -0.15) is 0 Å². The molecule has 0 amide bonds. The van der Waals surface area contributed by atoms with Crippen LogP contribution in [0.15, 0.2) is 29.3 Å². The Kier molecular flexibility index (Phi) is 5.23. The van der Waals surface area contributed by atoms with Gasteiger partial charge in [0.1, 0.15) is 5.75 Å². The Balaban J connectivity index is 1.81. The lowest BCUT2D eigenvalue weighted by Gasteiger charge is -2.62. The number of hydrogen-bond donors (Lipinski definition) is 1. The molecule has 23 heavy (non-hydrogen) atoms. The third-order valence-corrected chi connectivity index (χ3v) is 5.41. The number of guanidine groups is 1. The molecule has 4 heteroatoms. The average Bonchev–Trinajstić information content (AvgIpc) is 2.53. The number of aliphatic imine (C=N–C) groups is 1. The van der Waals surface area contributed by atoms with Crippen LogP contribution in [0.2, 0.25) is 0 Å². The van der Waals surface area contributed by atoms with Crippen molar-refractivity contribution in [3.63, 3.8) is 0 Å². The summed E-state index contributed by atoms with van der Waals surface area (Å²) in [7, 11) is 3.58. The van der Waals surface area contributed by atoms with Crippen molar-refractivity contribution < 1.29 is 4.74 Å². The van der Waals surface area contributed by atoms with Gasteiger partial charge in [-0.05, 0) is 44.4 Å². The van der Waals surface area contributed by atoms with E-state index in [4.69, 9.17) is 4.74 Å². The van der Waals surface area contributed by atoms with Gasteiger partial charge in [0.25, 0.3) is 0 Å².